The van der Waals surface area contributed by atoms with Gasteiger partial charge < -0.3 is 5.32 Å². The molecule has 1 heterocycles. The van der Waals surface area contributed by atoms with Crippen molar-refractivity contribution in [1.82, 2.24) is 4.98 Å². The first-order valence-corrected chi connectivity index (χ1v) is 6.97. The fraction of sp³-hybridized carbons (Fsp3) is 0.0833. The van der Waals surface area contributed by atoms with Gasteiger partial charge >= 0.3 is 0 Å². The van der Waals surface area contributed by atoms with Crippen LogP contribution in [0.4, 0.5) is 5.69 Å². The van der Waals surface area contributed by atoms with Crippen molar-refractivity contribution in [3.63, 3.8) is 0 Å². The molecule has 1 aromatic carbocycles. The molecular weight excluding hydrogens is 266 g/mol. The molecule has 0 spiro atoms. The lowest BCUT2D eigenvalue weighted by Crippen LogP contribution is -2.13. The van der Waals surface area contributed by atoms with Crippen LogP contribution < -0.4 is 5.32 Å². The van der Waals surface area contributed by atoms with Gasteiger partial charge in [0.1, 0.15) is 4.34 Å². The van der Waals surface area contributed by atoms with Gasteiger partial charge in [0, 0.05) is 17.3 Å². The molecule has 1 aromatic heterocycles. The van der Waals surface area contributed by atoms with Gasteiger partial charge in [-0.15, -0.1) is 11.3 Å². The number of carbonyl (C=O) groups is 1. The molecule has 0 unspecified atom stereocenters. The standard InChI is InChI=1S/C12H9N3OS2/c13-7-9-2-1-3-10(6-9)15-11(16)8-18-12-14-4-5-17-12/h1-6H,8H2,(H,15,16). The van der Waals surface area contributed by atoms with Crippen molar-refractivity contribution in [3.05, 3.63) is 41.4 Å². The molecule has 1 amide bonds. The van der Waals surface area contributed by atoms with Gasteiger partial charge in [0.05, 0.1) is 17.4 Å². The molecule has 2 rings (SSSR count). The topological polar surface area (TPSA) is 65.8 Å². The molecule has 0 saturated heterocycles. The maximum Gasteiger partial charge on any atom is 0.234 e. The molecule has 4 nitrogen and oxygen atoms in total. The zero-order valence-electron chi connectivity index (χ0n) is 9.29. The third-order valence-electron chi connectivity index (χ3n) is 2.01. The van der Waals surface area contributed by atoms with Gasteiger partial charge in [0.25, 0.3) is 0 Å². The van der Waals surface area contributed by atoms with E-state index >= 15 is 0 Å². The van der Waals surface area contributed by atoms with E-state index in [2.05, 4.69) is 10.3 Å². The predicted molar refractivity (Wildman–Crippen MR) is 72.6 cm³/mol. The summed E-state index contributed by atoms with van der Waals surface area (Å²) >= 11 is 2.90. The Morgan fingerprint density at radius 2 is 2.44 bits per heavy atom. The van der Waals surface area contributed by atoms with Gasteiger partial charge in [0.2, 0.25) is 5.91 Å². The van der Waals surface area contributed by atoms with E-state index in [1.807, 2.05) is 11.4 Å². The van der Waals surface area contributed by atoms with Gasteiger partial charge in [0.15, 0.2) is 0 Å². The summed E-state index contributed by atoms with van der Waals surface area (Å²) in [5, 5.41) is 13.4. The number of nitriles is 1. The second-order valence-corrected chi connectivity index (χ2v) is 5.44. The highest BCUT2D eigenvalue weighted by molar-refractivity contribution is 8.01. The van der Waals surface area contributed by atoms with Crippen LogP contribution in [0.1, 0.15) is 5.56 Å². The maximum absolute atomic E-state index is 11.7. The average molecular weight is 275 g/mol. The predicted octanol–water partition coefficient (Wildman–Crippen LogP) is 2.75. The van der Waals surface area contributed by atoms with Crippen molar-refractivity contribution in [2.24, 2.45) is 0 Å². The third kappa shape index (κ3) is 3.58. The van der Waals surface area contributed by atoms with Crippen molar-refractivity contribution >= 4 is 34.7 Å². The molecule has 0 fully saturated rings. The largest absolute Gasteiger partial charge is 0.325 e. The SMILES string of the molecule is N#Cc1cccc(NC(=O)CSc2nccs2)c1. The minimum absolute atomic E-state index is 0.106. The van der Waals surface area contributed by atoms with E-state index < -0.39 is 0 Å². The normalized spacial score (nSPS) is 9.72. The molecule has 90 valence electrons. The summed E-state index contributed by atoms with van der Waals surface area (Å²) in [7, 11) is 0. The molecule has 0 aliphatic carbocycles. The van der Waals surface area contributed by atoms with E-state index in [-0.39, 0.29) is 5.91 Å². The van der Waals surface area contributed by atoms with Crippen molar-refractivity contribution in [1.29, 1.82) is 5.26 Å². The number of nitrogens with zero attached hydrogens (tertiary/aromatic N) is 2. The first-order chi connectivity index (χ1) is 8.78. The van der Waals surface area contributed by atoms with Gasteiger partial charge in [-0.05, 0) is 18.2 Å². The number of thioether (sulfide) groups is 1. The first-order valence-electron chi connectivity index (χ1n) is 5.10. The number of benzene rings is 1. The van der Waals surface area contributed by atoms with Crippen molar-refractivity contribution < 1.29 is 4.79 Å². The van der Waals surface area contributed by atoms with E-state index in [9.17, 15) is 4.79 Å². The Morgan fingerprint density at radius 1 is 1.56 bits per heavy atom. The zero-order valence-corrected chi connectivity index (χ0v) is 10.9. The highest BCUT2D eigenvalue weighted by atomic mass is 32.2. The second-order valence-electron chi connectivity index (χ2n) is 3.33. The maximum atomic E-state index is 11.7. The van der Waals surface area contributed by atoms with Gasteiger partial charge in [-0.1, -0.05) is 17.8 Å². The lowest BCUT2D eigenvalue weighted by atomic mass is 10.2. The fourth-order valence-corrected chi connectivity index (χ4v) is 2.71. The van der Waals surface area contributed by atoms with Crippen LogP contribution in [-0.2, 0) is 4.79 Å². The van der Waals surface area contributed by atoms with Crippen LogP contribution in [0.25, 0.3) is 0 Å². The molecule has 0 aliphatic heterocycles. The lowest BCUT2D eigenvalue weighted by molar-refractivity contribution is -0.113. The third-order valence-corrected chi connectivity index (χ3v) is 3.98. The summed E-state index contributed by atoms with van der Waals surface area (Å²) < 4.78 is 0.871. The number of thiazole rings is 1. The molecule has 0 radical (unpaired) electrons. The molecule has 0 aliphatic rings. The number of anilines is 1. The minimum atomic E-state index is -0.106. The summed E-state index contributed by atoms with van der Waals surface area (Å²) in [5.74, 6) is 0.204. The van der Waals surface area contributed by atoms with E-state index in [0.29, 0.717) is 17.0 Å². The van der Waals surface area contributed by atoms with Crippen molar-refractivity contribution in [2.75, 3.05) is 11.1 Å². The van der Waals surface area contributed by atoms with Crippen LogP contribution in [0.15, 0.2) is 40.2 Å². The Bertz CT molecular complexity index is 575. The molecule has 0 atom stereocenters. The summed E-state index contributed by atoms with van der Waals surface area (Å²) in [6, 6.07) is 8.86. The summed E-state index contributed by atoms with van der Waals surface area (Å²) in [6.07, 6.45) is 1.71. The number of rotatable bonds is 4. The zero-order chi connectivity index (χ0) is 12.8. The van der Waals surface area contributed by atoms with Gasteiger partial charge in [-0.2, -0.15) is 5.26 Å². The first kappa shape index (κ1) is 12.6. The van der Waals surface area contributed by atoms with Gasteiger partial charge in [-0.3, -0.25) is 4.79 Å². The summed E-state index contributed by atoms with van der Waals surface area (Å²) in [4.78, 5) is 15.8. The number of aromatic nitrogens is 1. The van der Waals surface area contributed by atoms with Crippen molar-refractivity contribution in [2.45, 2.75) is 4.34 Å². The fourth-order valence-electron chi connectivity index (χ4n) is 1.27. The number of hydrogen-bond acceptors (Lipinski definition) is 5. The lowest BCUT2D eigenvalue weighted by Gasteiger charge is -2.04. The Kier molecular flexibility index (Phi) is 4.34. The van der Waals surface area contributed by atoms with Crippen LogP contribution in [-0.4, -0.2) is 16.6 Å². The molecule has 1 N–H and O–H groups in total. The Balaban J connectivity index is 1.89. The molecule has 18 heavy (non-hydrogen) atoms. The molecule has 0 bridgehead atoms. The van der Waals surface area contributed by atoms with Crippen molar-refractivity contribution in [3.8, 4) is 6.07 Å². The van der Waals surface area contributed by atoms with Crippen LogP contribution >= 0.6 is 23.1 Å². The van der Waals surface area contributed by atoms with E-state index in [4.69, 9.17) is 5.26 Å². The van der Waals surface area contributed by atoms with Crippen LogP contribution in [0.3, 0.4) is 0 Å². The summed E-state index contributed by atoms with van der Waals surface area (Å²) in [5.41, 5.74) is 1.17. The second kappa shape index (κ2) is 6.19. The number of nitrogens with one attached hydrogen (secondary N) is 1. The molecule has 2 aromatic rings. The number of amides is 1. The highest BCUT2D eigenvalue weighted by Crippen LogP contribution is 2.20. The smallest absolute Gasteiger partial charge is 0.234 e. The average Bonchev–Trinajstić information content (AvgIpc) is 2.90. The minimum Gasteiger partial charge on any atom is -0.325 e. The van der Waals surface area contributed by atoms with Gasteiger partial charge in [-0.25, -0.2) is 4.98 Å². The number of carbonyl (C=O) groups excluding carboxylic acids is 1. The highest BCUT2D eigenvalue weighted by Gasteiger charge is 2.05. The number of hydrogen-bond donors (Lipinski definition) is 1. The molecule has 0 saturated carbocycles. The van der Waals surface area contributed by atoms with Crippen LogP contribution in [0.2, 0.25) is 0 Å². The summed E-state index contributed by atoms with van der Waals surface area (Å²) in [6.45, 7) is 0. The van der Waals surface area contributed by atoms with Crippen LogP contribution in [0.5, 0.6) is 0 Å². The van der Waals surface area contributed by atoms with E-state index in [1.165, 1.54) is 23.1 Å². The Labute approximate surface area is 113 Å². The molecule has 6 heteroatoms. The quantitative estimate of drug-likeness (QED) is 0.871. The Morgan fingerprint density at radius 3 is 3.17 bits per heavy atom. The monoisotopic (exact) mass is 275 g/mol. The Hall–Kier alpha value is -1.84. The van der Waals surface area contributed by atoms with E-state index in [0.717, 1.165) is 4.34 Å². The van der Waals surface area contributed by atoms with E-state index in [1.54, 1.807) is 30.5 Å². The van der Waals surface area contributed by atoms with Crippen LogP contribution in [0, 0.1) is 11.3 Å². The molecular formula is C12H9N3OS2.